The van der Waals surface area contributed by atoms with Crippen LogP contribution in [-0.4, -0.2) is 9.97 Å². The average Bonchev–Trinajstić information content (AvgIpc) is 2.82. The predicted molar refractivity (Wildman–Crippen MR) is 86.1 cm³/mol. The van der Waals surface area contributed by atoms with Gasteiger partial charge < -0.3 is 4.98 Å². The van der Waals surface area contributed by atoms with E-state index in [0.717, 1.165) is 28.9 Å². The standard InChI is InChI=1S/C16H20N2S/c1-4-6-13-7-8-14-15(10-13)18-16(17-14)12(3)11-19-9-5-2/h5,7-11H,4,6H2,1-3H3,(H,17,18)/b9-5+,12-11+. The molecule has 0 spiro atoms. The van der Waals surface area contributed by atoms with Crippen LogP contribution in [0.25, 0.3) is 16.6 Å². The summed E-state index contributed by atoms with van der Waals surface area (Å²) in [7, 11) is 0. The van der Waals surface area contributed by atoms with E-state index < -0.39 is 0 Å². The van der Waals surface area contributed by atoms with Crippen LogP contribution in [0.4, 0.5) is 0 Å². The first kappa shape index (κ1) is 13.9. The van der Waals surface area contributed by atoms with Crippen molar-refractivity contribution in [2.75, 3.05) is 0 Å². The topological polar surface area (TPSA) is 28.7 Å². The fourth-order valence-corrected chi connectivity index (χ4v) is 2.51. The number of benzene rings is 1. The highest BCUT2D eigenvalue weighted by Crippen LogP contribution is 2.21. The van der Waals surface area contributed by atoms with Crippen molar-refractivity contribution in [3.63, 3.8) is 0 Å². The van der Waals surface area contributed by atoms with Gasteiger partial charge in [0.15, 0.2) is 0 Å². The third-order valence-electron chi connectivity index (χ3n) is 2.92. The summed E-state index contributed by atoms with van der Waals surface area (Å²) in [4.78, 5) is 8.04. The highest BCUT2D eigenvalue weighted by molar-refractivity contribution is 8.05. The van der Waals surface area contributed by atoms with Gasteiger partial charge in [0, 0.05) is 0 Å². The van der Waals surface area contributed by atoms with Crippen molar-refractivity contribution >= 4 is 28.4 Å². The fraction of sp³-hybridized carbons (Fsp3) is 0.312. The lowest BCUT2D eigenvalue weighted by Gasteiger charge is -1.96. The molecule has 0 amide bonds. The molecular formula is C16H20N2S. The van der Waals surface area contributed by atoms with Crippen molar-refractivity contribution in [3.05, 3.63) is 46.5 Å². The maximum Gasteiger partial charge on any atom is 0.134 e. The Hall–Kier alpha value is -1.48. The minimum Gasteiger partial charge on any atom is -0.338 e. The van der Waals surface area contributed by atoms with Crippen LogP contribution in [0.15, 0.2) is 35.1 Å². The normalized spacial score (nSPS) is 12.7. The SMILES string of the molecule is C/C=C/S/C=C(\C)c1nc2ccc(CCC)cc2[nH]1. The van der Waals surface area contributed by atoms with Gasteiger partial charge in [-0.1, -0.05) is 25.5 Å². The molecule has 1 N–H and O–H groups in total. The Morgan fingerprint density at radius 1 is 1.42 bits per heavy atom. The molecule has 0 radical (unpaired) electrons. The summed E-state index contributed by atoms with van der Waals surface area (Å²) in [6.45, 7) is 6.31. The number of rotatable bonds is 5. The highest BCUT2D eigenvalue weighted by atomic mass is 32.2. The van der Waals surface area contributed by atoms with E-state index in [0.29, 0.717) is 0 Å². The average molecular weight is 272 g/mol. The molecule has 2 nitrogen and oxygen atoms in total. The van der Waals surface area contributed by atoms with Gasteiger partial charge in [-0.15, -0.1) is 11.8 Å². The van der Waals surface area contributed by atoms with Crippen molar-refractivity contribution < 1.29 is 0 Å². The molecule has 0 aliphatic carbocycles. The second-order valence-corrected chi connectivity index (χ2v) is 5.37. The minimum atomic E-state index is 0.959. The van der Waals surface area contributed by atoms with Gasteiger partial charge in [0.05, 0.1) is 11.0 Å². The van der Waals surface area contributed by atoms with Crippen molar-refractivity contribution in [1.82, 2.24) is 9.97 Å². The van der Waals surface area contributed by atoms with Crippen LogP contribution in [0.3, 0.4) is 0 Å². The van der Waals surface area contributed by atoms with E-state index in [4.69, 9.17) is 0 Å². The Bertz CT molecular complexity index is 608. The van der Waals surface area contributed by atoms with Gasteiger partial charge in [-0.3, -0.25) is 0 Å². The first-order valence-corrected chi connectivity index (χ1v) is 7.61. The van der Waals surface area contributed by atoms with Gasteiger partial charge >= 0.3 is 0 Å². The van der Waals surface area contributed by atoms with Crippen LogP contribution in [-0.2, 0) is 6.42 Å². The summed E-state index contributed by atoms with van der Waals surface area (Å²) in [5.41, 5.74) is 4.70. The van der Waals surface area contributed by atoms with Crippen LogP contribution in [0.5, 0.6) is 0 Å². The summed E-state index contributed by atoms with van der Waals surface area (Å²) in [5, 5.41) is 4.18. The number of nitrogens with one attached hydrogen (secondary N) is 1. The minimum absolute atomic E-state index is 0.959. The van der Waals surface area contributed by atoms with Gasteiger partial charge in [-0.25, -0.2) is 4.98 Å². The summed E-state index contributed by atoms with van der Waals surface area (Å²) in [6, 6.07) is 6.48. The largest absolute Gasteiger partial charge is 0.338 e. The van der Waals surface area contributed by atoms with Crippen LogP contribution in [0, 0.1) is 0 Å². The number of imidazole rings is 1. The second-order valence-electron chi connectivity index (χ2n) is 4.59. The molecule has 3 heteroatoms. The first-order chi connectivity index (χ1) is 9.24. The molecule has 0 bridgehead atoms. The van der Waals surface area contributed by atoms with Crippen LogP contribution in [0.2, 0.25) is 0 Å². The summed E-state index contributed by atoms with van der Waals surface area (Å²) >= 11 is 1.67. The molecule has 1 heterocycles. The van der Waals surface area contributed by atoms with E-state index in [1.807, 2.05) is 13.0 Å². The fourth-order valence-electron chi connectivity index (χ4n) is 1.96. The Kier molecular flexibility index (Phi) is 4.86. The van der Waals surface area contributed by atoms with Crippen LogP contribution < -0.4 is 0 Å². The molecule has 100 valence electrons. The van der Waals surface area contributed by atoms with Crippen LogP contribution >= 0.6 is 11.8 Å². The van der Waals surface area contributed by atoms with E-state index in [1.54, 1.807) is 11.8 Å². The molecule has 2 rings (SSSR count). The van der Waals surface area contributed by atoms with Crippen LogP contribution in [0.1, 0.15) is 38.6 Å². The molecule has 0 aliphatic heterocycles. The predicted octanol–water partition coefficient (Wildman–Crippen LogP) is 5.14. The third kappa shape index (κ3) is 3.51. The van der Waals surface area contributed by atoms with Gasteiger partial charge in [0.2, 0.25) is 0 Å². The summed E-state index contributed by atoms with van der Waals surface area (Å²) in [6.07, 6.45) is 4.33. The number of aryl methyl sites for hydroxylation is 1. The van der Waals surface area contributed by atoms with Crippen molar-refractivity contribution in [2.45, 2.75) is 33.6 Å². The molecule has 19 heavy (non-hydrogen) atoms. The van der Waals surface area contributed by atoms with Gasteiger partial charge in [0.25, 0.3) is 0 Å². The van der Waals surface area contributed by atoms with E-state index in [-0.39, 0.29) is 0 Å². The Morgan fingerprint density at radius 2 is 2.26 bits per heavy atom. The van der Waals surface area contributed by atoms with Crippen molar-refractivity contribution in [3.8, 4) is 0 Å². The van der Waals surface area contributed by atoms with E-state index in [1.165, 1.54) is 12.0 Å². The zero-order valence-corrected chi connectivity index (χ0v) is 12.6. The highest BCUT2D eigenvalue weighted by Gasteiger charge is 2.04. The van der Waals surface area contributed by atoms with Crippen molar-refractivity contribution in [1.29, 1.82) is 0 Å². The second kappa shape index (κ2) is 6.62. The molecule has 0 atom stereocenters. The molecule has 2 aromatic rings. The summed E-state index contributed by atoms with van der Waals surface area (Å²) in [5.74, 6) is 0.959. The molecule has 1 aromatic heterocycles. The van der Waals surface area contributed by atoms with Crippen molar-refractivity contribution in [2.24, 2.45) is 0 Å². The number of aromatic amines is 1. The Balaban J connectivity index is 2.28. The molecule has 0 saturated carbocycles. The number of allylic oxidation sites excluding steroid dienone is 2. The Labute approximate surface area is 119 Å². The number of aromatic nitrogens is 2. The third-order valence-corrected chi connectivity index (χ3v) is 3.84. The smallest absolute Gasteiger partial charge is 0.134 e. The molecule has 1 aromatic carbocycles. The molecule has 0 aliphatic rings. The van der Waals surface area contributed by atoms with E-state index in [2.05, 4.69) is 52.8 Å². The number of thioether (sulfide) groups is 1. The van der Waals surface area contributed by atoms with E-state index in [9.17, 15) is 0 Å². The molecule has 0 fully saturated rings. The maximum atomic E-state index is 4.63. The van der Waals surface area contributed by atoms with Gasteiger partial charge in [0.1, 0.15) is 5.82 Å². The zero-order valence-electron chi connectivity index (χ0n) is 11.7. The molecular weight excluding hydrogens is 252 g/mol. The number of nitrogens with zero attached hydrogens (tertiary/aromatic N) is 1. The van der Waals surface area contributed by atoms with Gasteiger partial charge in [-0.05, 0) is 54.4 Å². The number of fused-ring (bicyclic) bond motifs is 1. The monoisotopic (exact) mass is 272 g/mol. The lowest BCUT2D eigenvalue weighted by atomic mass is 10.1. The first-order valence-electron chi connectivity index (χ1n) is 6.67. The number of hydrogen-bond acceptors (Lipinski definition) is 2. The lowest BCUT2D eigenvalue weighted by molar-refractivity contribution is 0.923. The summed E-state index contributed by atoms with van der Waals surface area (Å²) < 4.78 is 0. The number of H-pyrrole nitrogens is 1. The zero-order chi connectivity index (χ0) is 13.7. The Morgan fingerprint density at radius 3 is 3.00 bits per heavy atom. The molecule has 0 unspecified atom stereocenters. The lowest BCUT2D eigenvalue weighted by Crippen LogP contribution is -1.82. The molecule has 0 saturated heterocycles. The quantitative estimate of drug-likeness (QED) is 0.816. The van der Waals surface area contributed by atoms with E-state index >= 15 is 0 Å². The maximum absolute atomic E-state index is 4.63. The number of hydrogen-bond donors (Lipinski definition) is 1. The van der Waals surface area contributed by atoms with Gasteiger partial charge in [-0.2, -0.15) is 0 Å².